The van der Waals surface area contributed by atoms with E-state index in [-0.39, 0.29) is 30.1 Å². The second-order valence-corrected chi connectivity index (χ2v) is 7.67. The van der Waals surface area contributed by atoms with E-state index in [0.29, 0.717) is 38.9 Å². The summed E-state index contributed by atoms with van der Waals surface area (Å²) < 4.78 is 13.1. The minimum absolute atomic E-state index is 0.00802. The number of terminal acetylenes is 1. The number of piperidine rings is 1. The van der Waals surface area contributed by atoms with Gasteiger partial charge in [0, 0.05) is 32.0 Å². The molecule has 0 spiro atoms. The van der Waals surface area contributed by atoms with E-state index in [9.17, 15) is 14.0 Å². The molecule has 1 heterocycles. The first-order chi connectivity index (χ1) is 14.6. The monoisotopic (exact) mass is 406 g/mol. The number of hydrogen-bond donors (Lipinski definition) is 0. The van der Waals surface area contributed by atoms with Gasteiger partial charge >= 0.3 is 0 Å². The van der Waals surface area contributed by atoms with Crippen molar-refractivity contribution in [3.63, 3.8) is 0 Å². The molecule has 0 radical (unpaired) electrons. The maximum Gasteiger partial charge on any atom is 0.226 e. The van der Waals surface area contributed by atoms with E-state index in [4.69, 9.17) is 6.42 Å². The molecule has 2 amide bonds. The predicted octanol–water partition coefficient (Wildman–Crippen LogP) is 3.66. The van der Waals surface area contributed by atoms with Gasteiger partial charge in [-0.3, -0.25) is 9.59 Å². The summed E-state index contributed by atoms with van der Waals surface area (Å²) in [6, 6.07) is 16.1. The normalized spacial score (nSPS) is 14.2. The fraction of sp³-hybridized carbons (Fsp3) is 0.360. The lowest BCUT2D eigenvalue weighted by Crippen LogP contribution is -2.44. The highest BCUT2D eigenvalue weighted by molar-refractivity contribution is 5.80. The summed E-state index contributed by atoms with van der Waals surface area (Å²) in [6.45, 7) is 1.75. The van der Waals surface area contributed by atoms with E-state index < -0.39 is 0 Å². The van der Waals surface area contributed by atoms with Crippen molar-refractivity contribution in [2.24, 2.45) is 5.92 Å². The maximum absolute atomic E-state index is 13.1. The molecule has 3 rings (SSSR count). The average Bonchev–Trinajstić information content (AvgIpc) is 2.79. The zero-order chi connectivity index (χ0) is 21.3. The lowest BCUT2D eigenvalue weighted by molar-refractivity contribution is -0.140. The van der Waals surface area contributed by atoms with Crippen LogP contribution in [0, 0.1) is 24.1 Å². The number of halogens is 1. The molecule has 1 aliphatic heterocycles. The number of rotatable bonds is 7. The van der Waals surface area contributed by atoms with Crippen molar-refractivity contribution in [2.75, 3.05) is 19.6 Å². The van der Waals surface area contributed by atoms with Crippen molar-refractivity contribution in [2.45, 2.75) is 32.2 Å². The molecule has 2 aromatic carbocycles. The van der Waals surface area contributed by atoms with Crippen molar-refractivity contribution in [1.29, 1.82) is 0 Å². The molecule has 4 nitrogen and oxygen atoms in total. The lowest BCUT2D eigenvalue weighted by atomic mass is 9.94. The van der Waals surface area contributed by atoms with Gasteiger partial charge in [0.15, 0.2) is 0 Å². The third kappa shape index (κ3) is 5.93. The van der Waals surface area contributed by atoms with Crippen LogP contribution in [0.5, 0.6) is 0 Å². The first-order valence-electron chi connectivity index (χ1n) is 10.3. The second kappa shape index (κ2) is 10.6. The first kappa shape index (κ1) is 21.6. The van der Waals surface area contributed by atoms with E-state index in [0.717, 1.165) is 17.5 Å². The number of carbonyl (C=O) groups is 2. The first-order valence-corrected chi connectivity index (χ1v) is 10.3. The molecule has 5 heteroatoms. The zero-order valence-electron chi connectivity index (χ0n) is 17.1. The summed E-state index contributed by atoms with van der Waals surface area (Å²) in [7, 11) is 0. The summed E-state index contributed by atoms with van der Waals surface area (Å²) in [5.74, 6) is 2.24. The molecular formula is C25H27FN2O2. The Morgan fingerprint density at radius 3 is 2.33 bits per heavy atom. The number of aryl methyl sites for hydroxylation is 1. The van der Waals surface area contributed by atoms with Crippen LogP contribution in [0.25, 0.3) is 0 Å². The smallest absolute Gasteiger partial charge is 0.226 e. The third-order valence-corrected chi connectivity index (χ3v) is 5.55. The molecule has 156 valence electrons. The van der Waals surface area contributed by atoms with Crippen molar-refractivity contribution in [3.05, 3.63) is 71.5 Å². The van der Waals surface area contributed by atoms with Gasteiger partial charge in [0.1, 0.15) is 5.82 Å². The number of carbonyl (C=O) groups excluding carboxylic acids is 2. The Balaban J connectivity index is 1.50. The molecule has 0 unspecified atom stereocenters. The lowest BCUT2D eigenvalue weighted by Gasteiger charge is -2.34. The molecule has 0 N–H and O–H groups in total. The van der Waals surface area contributed by atoms with Crippen LogP contribution in [0.4, 0.5) is 4.39 Å². The number of amides is 2. The van der Waals surface area contributed by atoms with Crippen LogP contribution < -0.4 is 0 Å². The third-order valence-electron chi connectivity index (χ3n) is 5.55. The van der Waals surface area contributed by atoms with Gasteiger partial charge < -0.3 is 9.80 Å². The van der Waals surface area contributed by atoms with E-state index >= 15 is 0 Å². The summed E-state index contributed by atoms with van der Waals surface area (Å²) in [6.07, 6.45) is 7.95. The molecule has 1 fully saturated rings. The van der Waals surface area contributed by atoms with Crippen molar-refractivity contribution >= 4 is 11.8 Å². The molecule has 30 heavy (non-hydrogen) atoms. The highest BCUT2D eigenvalue weighted by Gasteiger charge is 2.30. The van der Waals surface area contributed by atoms with Crippen LogP contribution in [-0.2, 0) is 22.6 Å². The van der Waals surface area contributed by atoms with Crippen molar-refractivity contribution in [3.8, 4) is 12.3 Å². The fourth-order valence-corrected chi connectivity index (χ4v) is 3.82. The minimum atomic E-state index is -0.308. The van der Waals surface area contributed by atoms with Gasteiger partial charge in [0.2, 0.25) is 11.8 Å². The van der Waals surface area contributed by atoms with Crippen LogP contribution in [0.3, 0.4) is 0 Å². The standard InChI is InChI=1S/C25H27FN2O2/c1-2-16-28(19-21-8-11-23(26)12-9-21)25(30)22-14-17-27(18-15-22)24(29)13-10-20-6-4-3-5-7-20/h1,3-9,11-12,22H,10,13-19H2. The Labute approximate surface area is 177 Å². The molecule has 1 aliphatic rings. The SMILES string of the molecule is C#CCN(Cc1ccc(F)cc1)C(=O)C1CCN(C(=O)CCc2ccccc2)CC1. The molecule has 0 aromatic heterocycles. The van der Waals surface area contributed by atoms with E-state index in [2.05, 4.69) is 5.92 Å². The molecule has 0 atom stereocenters. The summed E-state index contributed by atoms with van der Waals surface area (Å²) in [4.78, 5) is 29.0. The largest absolute Gasteiger partial charge is 0.343 e. The van der Waals surface area contributed by atoms with Crippen molar-refractivity contribution < 1.29 is 14.0 Å². The number of benzene rings is 2. The van der Waals surface area contributed by atoms with Crippen molar-refractivity contribution in [1.82, 2.24) is 9.80 Å². The summed E-state index contributed by atoms with van der Waals surface area (Å²) >= 11 is 0. The van der Waals surface area contributed by atoms with E-state index in [1.807, 2.05) is 35.2 Å². The Morgan fingerprint density at radius 1 is 1.03 bits per heavy atom. The van der Waals surface area contributed by atoms with Gasteiger partial charge in [-0.15, -0.1) is 6.42 Å². The minimum Gasteiger partial charge on any atom is -0.343 e. The molecule has 2 aromatic rings. The van der Waals surface area contributed by atoms with Crippen LogP contribution in [0.15, 0.2) is 54.6 Å². The maximum atomic E-state index is 13.1. The predicted molar refractivity (Wildman–Crippen MR) is 115 cm³/mol. The number of nitrogens with zero attached hydrogens (tertiary/aromatic N) is 2. The van der Waals surface area contributed by atoms with Crippen LogP contribution in [0.1, 0.15) is 30.4 Å². The van der Waals surface area contributed by atoms with Crippen LogP contribution in [-0.4, -0.2) is 41.2 Å². The highest BCUT2D eigenvalue weighted by Crippen LogP contribution is 2.22. The molecule has 0 bridgehead atoms. The molecule has 0 saturated carbocycles. The van der Waals surface area contributed by atoms with Gasteiger partial charge in [-0.05, 0) is 42.5 Å². The van der Waals surface area contributed by atoms with Gasteiger partial charge in [0.25, 0.3) is 0 Å². The number of likely N-dealkylation sites (tertiary alicyclic amines) is 1. The Bertz CT molecular complexity index is 882. The van der Waals surface area contributed by atoms with E-state index in [1.54, 1.807) is 17.0 Å². The topological polar surface area (TPSA) is 40.6 Å². The van der Waals surface area contributed by atoms with Gasteiger partial charge in [-0.1, -0.05) is 48.4 Å². The van der Waals surface area contributed by atoms with Crippen LogP contribution >= 0.6 is 0 Å². The molecule has 0 aliphatic carbocycles. The fourth-order valence-electron chi connectivity index (χ4n) is 3.82. The van der Waals surface area contributed by atoms with Gasteiger partial charge in [-0.25, -0.2) is 4.39 Å². The average molecular weight is 407 g/mol. The Morgan fingerprint density at radius 2 is 1.70 bits per heavy atom. The number of hydrogen-bond acceptors (Lipinski definition) is 2. The van der Waals surface area contributed by atoms with Crippen LogP contribution in [0.2, 0.25) is 0 Å². The zero-order valence-corrected chi connectivity index (χ0v) is 17.1. The van der Waals surface area contributed by atoms with Gasteiger partial charge in [0.05, 0.1) is 6.54 Å². The van der Waals surface area contributed by atoms with E-state index in [1.165, 1.54) is 12.1 Å². The Hall–Kier alpha value is -3.13. The quantitative estimate of drug-likeness (QED) is 0.659. The highest BCUT2D eigenvalue weighted by atomic mass is 19.1. The second-order valence-electron chi connectivity index (χ2n) is 7.67. The van der Waals surface area contributed by atoms with Gasteiger partial charge in [-0.2, -0.15) is 0 Å². The summed E-state index contributed by atoms with van der Waals surface area (Å²) in [5, 5.41) is 0. The molecule has 1 saturated heterocycles. The summed E-state index contributed by atoms with van der Waals surface area (Å²) in [5.41, 5.74) is 2.00. The molecular weight excluding hydrogens is 379 g/mol. The Kier molecular flexibility index (Phi) is 7.62.